The summed E-state index contributed by atoms with van der Waals surface area (Å²) in [5, 5.41) is 9.51. The van der Waals surface area contributed by atoms with E-state index in [0.29, 0.717) is 17.9 Å². The molecule has 0 aliphatic rings. The molecule has 0 aliphatic heterocycles. The van der Waals surface area contributed by atoms with Gasteiger partial charge in [0, 0.05) is 5.56 Å². The Hall–Kier alpha value is -2.29. The summed E-state index contributed by atoms with van der Waals surface area (Å²) in [6.45, 7) is 2.85. The fraction of sp³-hybridized carbons (Fsp3) is 0.409. The largest absolute Gasteiger partial charge is 0.493 e. The van der Waals surface area contributed by atoms with Crippen LogP contribution in [0.15, 0.2) is 48.5 Å². The van der Waals surface area contributed by atoms with Crippen molar-refractivity contribution >= 4 is 5.97 Å². The molecule has 0 radical (unpaired) electrons. The van der Waals surface area contributed by atoms with Crippen LogP contribution in [0.2, 0.25) is 0 Å². The molecule has 0 aromatic heterocycles. The van der Waals surface area contributed by atoms with E-state index in [1.165, 1.54) is 32.1 Å². The van der Waals surface area contributed by atoms with Gasteiger partial charge in [0.1, 0.15) is 5.75 Å². The fourth-order valence-corrected chi connectivity index (χ4v) is 2.97. The summed E-state index contributed by atoms with van der Waals surface area (Å²) < 4.78 is 5.95. The van der Waals surface area contributed by atoms with Gasteiger partial charge in [-0.25, -0.2) is 4.79 Å². The predicted molar refractivity (Wildman–Crippen MR) is 102 cm³/mol. The van der Waals surface area contributed by atoms with E-state index in [0.717, 1.165) is 18.4 Å². The molecule has 3 heteroatoms. The van der Waals surface area contributed by atoms with Gasteiger partial charge in [0.2, 0.25) is 0 Å². The van der Waals surface area contributed by atoms with Gasteiger partial charge in [-0.05, 0) is 24.1 Å². The number of rotatable bonds is 11. The van der Waals surface area contributed by atoms with Crippen LogP contribution in [-0.4, -0.2) is 17.7 Å². The number of aromatic carboxylic acids is 1. The summed E-state index contributed by atoms with van der Waals surface area (Å²) in [6, 6.07) is 14.8. The molecular weight excluding hydrogens is 312 g/mol. The summed E-state index contributed by atoms with van der Waals surface area (Å²) >= 11 is 0. The molecule has 2 aromatic rings. The first kappa shape index (κ1) is 19.0. The quantitative estimate of drug-likeness (QED) is 0.497. The van der Waals surface area contributed by atoms with Crippen molar-refractivity contribution in [1.29, 1.82) is 0 Å². The van der Waals surface area contributed by atoms with E-state index in [-0.39, 0.29) is 5.56 Å². The minimum atomic E-state index is -0.930. The van der Waals surface area contributed by atoms with E-state index in [9.17, 15) is 9.90 Å². The molecule has 25 heavy (non-hydrogen) atoms. The Balaban J connectivity index is 1.98. The Kier molecular flexibility index (Phi) is 8.03. The van der Waals surface area contributed by atoms with E-state index in [1.807, 2.05) is 36.4 Å². The molecule has 0 fully saturated rings. The van der Waals surface area contributed by atoms with Gasteiger partial charge in [0.15, 0.2) is 0 Å². The number of carbonyl (C=O) groups is 1. The van der Waals surface area contributed by atoms with Crippen molar-refractivity contribution in [2.45, 2.75) is 51.9 Å². The van der Waals surface area contributed by atoms with E-state index in [2.05, 4.69) is 6.92 Å². The molecule has 0 amide bonds. The number of carboxylic acid groups (broad SMARTS) is 1. The highest BCUT2D eigenvalue weighted by molar-refractivity contribution is 5.98. The SMILES string of the molecule is CCCCCCCCCOc1cccc(C(=O)O)c1-c1ccccc1. The Bertz CT molecular complexity index is 650. The van der Waals surface area contributed by atoms with Crippen LogP contribution in [-0.2, 0) is 0 Å². The first-order valence-corrected chi connectivity index (χ1v) is 9.28. The Morgan fingerprint density at radius 1 is 0.880 bits per heavy atom. The number of ether oxygens (including phenoxy) is 1. The molecule has 2 rings (SSSR count). The standard InChI is InChI=1S/C22H28O3/c1-2-3-4-5-6-7-11-17-25-20-16-12-15-19(22(23)24)21(20)18-13-9-8-10-14-18/h8-10,12-16H,2-7,11,17H2,1H3,(H,23,24). The first-order valence-electron chi connectivity index (χ1n) is 9.28. The Morgan fingerprint density at radius 3 is 2.24 bits per heavy atom. The zero-order chi connectivity index (χ0) is 17.9. The normalized spacial score (nSPS) is 10.6. The summed E-state index contributed by atoms with van der Waals surface area (Å²) in [6.07, 6.45) is 8.59. The minimum absolute atomic E-state index is 0.281. The van der Waals surface area contributed by atoms with E-state index >= 15 is 0 Å². The molecule has 2 aromatic carbocycles. The van der Waals surface area contributed by atoms with Crippen LogP contribution in [0, 0.1) is 0 Å². The van der Waals surface area contributed by atoms with Crippen LogP contribution in [0.5, 0.6) is 5.75 Å². The molecule has 0 atom stereocenters. The predicted octanol–water partition coefficient (Wildman–Crippen LogP) is 6.18. The lowest BCUT2D eigenvalue weighted by atomic mass is 9.98. The second kappa shape index (κ2) is 10.5. The highest BCUT2D eigenvalue weighted by Gasteiger charge is 2.16. The Labute approximate surface area is 150 Å². The molecule has 0 heterocycles. The van der Waals surface area contributed by atoms with Gasteiger partial charge >= 0.3 is 5.97 Å². The number of hydrogen-bond acceptors (Lipinski definition) is 2. The van der Waals surface area contributed by atoms with Gasteiger partial charge in [-0.15, -0.1) is 0 Å². The third-order valence-electron chi connectivity index (χ3n) is 4.32. The molecule has 0 bridgehead atoms. The lowest BCUT2D eigenvalue weighted by Gasteiger charge is -2.14. The van der Waals surface area contributed by atoms with Crippen molar-refractivity contribution in [3.63, 3.8) is 0 Å². The van der Waals surface area contributed by atoms with Crippen molar-refractivity contribution in [3.8, 4) is 16.9 Å². The molecule has 1 N–H and O–H groups in total. The van der Waals surface area contributed by atoms with Crippen LogP contribution in [0.1, 0.15) is 62.2 Å². The highest BCUT2D eigenvalue weighted by atomic mass is 16.5. The summed E-state index contributed by atoms with van der Waals surface area (Å²) in [4.78, 5) is 11.6. The average molecular weight is 340 g/mol. The molecule has 0 saturated carbocycles. The fourth-order valence-electron chi connectivity index (χ4n) is 2.97. The summed E-state index contributed by atoms with van der Waals surface area (Å²) in [7, 11) is 0. The third-order valence-corrected chi connectivity index (χ3v) is 4.32. The number of hydrogen-bond donors (Lipinski definition) is 1. The van der Waals surface area contributed by atoms with E-state index in [1.54, 1.807) is 12.1 Å². The van der Waals surface area contributed by atoms with Gasteiger partial charge in [0.25, 0.3) is 0 Å². The number of benzene rings is 2. The maximum Gasteiger partial charge on any atom is 0.336 e. The van der Waals surface area contributed by atoms with Crippen molar-refractivity contribution in [3.05, 3.63) is 54.1 Å². The van der Waals surface area contributed by atoms with Gasteiger partial charge in [-0.2, -0.15) is 0 Å². The van der Waals surface area contributed by atoms with Crippen molar-refractivity contribution < 1.29 is 14.6 Å². The second-order valence-electron chi connectivity index (χ2n) is 6.32. The number of carboxylic acids is 1. The Morgan fingerprint density at radius 2 is 1.56 bits per heavy atom. The van der Waals surface area contributed by atoms with E-state index < -0.39 is 5.97 Å². The zero-order valence-corrected chi connectivity index (χ0v) is 15.0. The molecule has 0 saturated heterocycles. The van der Waals surface area contributed by atoms with E-state index in [4.69, 9.17) is 4.74 Å². The number of unbranched alkanes of at least 4 members (excludes halogenated alkanes) is 6. The lowest BCUT2D eigenvalue weighted by Crippen LogP contribution is -2.04. The zero-order valence-electron chi connectivity index (χ0n) is 15.0. The summed E-state index contributed by atoms with van der Waals surface area (Å²) in [5.41, 5.74) is 1.82. The molecule has 0 spiro atoms. The van der Waals surface area contributed by atoms with Crippen LogP contribution < -0.4 is 4.74 Å². The van der Waals surface area contributed by atoms with Crippen LogP contribution >= 0.6 is 0 Å². The van der Waals surface area contributed by atoms with Crippen LogP contribution in [0.4, 0.5) is 0 Å². The van der Waals surface area contributed by atoms with Crippen molar-refractivity contribution in [1.82, 2.24) is 0 Å². The molecular formula is C22H28O3. The van der Waals surface area contributed by atoms with Gasteiger partial charge < -0.3 is 9.84 Å². The molecule has 3 nitrogen and oxygen atoms in total. The second-order valence-corrected chi connectivity index (χ2v) is 6.32. The average Bonchev–Trinajstić information content (AvgIpc) is 2.64. The highest BCUT2D eigenvalue weighted by Crippen LogP contribution is 2.33. The minimum Gasteiger partial charge on any atom is -0.493 e. The topological polar surface area (TPSA) is 46.5 Å². The smallest absolute Gasteiger partial charge is 0.336 e. The molecule has 134 valence electrons. The van der Waals surface area contributed by atoms with Gasteiger partial charge in [-0.1, -0.05) is 81.8 Å². The van der Waals surface area contributed by atoms with Crippen LogP contribution in [0.3, 0.4) is 0 Å². The van der Waals surface area contributed by atoms with Crippen LogP contribution in [0.25, 0.3) is 11.1 Å². The van der Waals surface area contributed by atoms with Crippen molar-refractivity contribution in [2.24, 2.45) is 0 Å². The first-order chi connectivity index (χ1) is 12.2. The molecule has 0 unspecified atom stereocenters. The maximum atomic E-state index is 11.6. The third kappa shape index (κ3) is 5.93. The lowest BCUT2D eigenvalue weighted by molar-refractivity contribution is 0.0697. The molecule has 0 aliphatic carbocycles. The van der Waals surface area contributed by atoms with Gasteiger partial charge in [-0.3, -0.25) is 0 Å². The maximum absolute atomic E-state index is 11.6. The monoisotopic (exact) mass is 340 g/mol. The van der Waals surface area contributed by atoms with Gasteiger partial charge in [0.05, 0.1) is 12.2 Å². The van der Waals surface area contributed by atoms with Crippen molar-refractivity contribution in [2.75, 3.05) is 6.61 Å². The summed E-state index contributed by atoms with van der Waals surface area (Å²) in [5.74, 6) is -0.280.